The molecule has 2 rings (SSSR count). The van der Waals surface area contributed by atoms with Gasteiger partial charge in [-0.3, -0.25) is 4.79 Å². The molecule has 0 bridgehead atoms. The summed E-state index contributed by atoms with van der Waals surface area (Å²) in [6, 6.07) is 2.82. The molecule has 138 valence electrons. The average Bonchev–Trinajstić information content (AvgIpc) is 2.60. The van der Waals surface area contributed by atoms with Crippen molar-refractivity contribution in [3.63, 3.8) is 0 Å². The predicted octanol–water partition coefficient (Wildman–Crippen LogP) is 0.0916. The molecule has 0 aliphatic carbocycles. The number of benzene rings is 1. The first-order valence-electron chi connectivity index (χ1n) is 7.48. The van der Waals surface area contributed by atoms with E-state index in [4.69, 9.17) is 9.47 Å². The number of esters is 1. The molecule has 25 heavy (non-hydrogen) atoms. The van der Waals surface area contributed by atoms with Crippen LogP contribution in [0.25, 0.3) is 0 Å². The fourth-order valence-electron chi connectivity index (χ4n) is 2.14. The van der Waals surface area contributed by atoms with Crippen molar-refractivity contribution in [1.82, 2.24) is 9.21 Å². The third kappa shape index (κ3) is 4.53. The number of hydrogen-bond acceptors (Lipinski definition) is 6. The van der Waals surface area contributed by atoms with Crippen molar-refractivity contribution in [2.75, 3.05) is 47.0 Å². The molecule has 0 spiro atoms. The van der Waals surface area contributed by atoms with Gasteiger partial charge in [0.1, 0.15) is 5.82 Å². The minimum absolute atomic E-state index is 0.245. The molecule has 1 aliphatic rings. The van der Waals surface area contributed by atoms with E-state index in [1.54, 1.807) is 0 Å². The second-order valence-corrected chi connectivity index (χ2v) is 7.65. The molecule has 1 aromatic rings. The summed E-state index contributed by atoms with van der Waals surface area (Å²) in [4.78, 5) is 25.2. The van der Waals surface area contributed by atoms with Gasteiger partial charge < -0.3 is 14.4 Å². The Morgan fingerprint density at radius 3 is 2.52 bits per heavy atom. The number of nitrogens with zero attached hydrogens (tertiary/aromatic N) is 2. The first-order chi connectivity index (χ1) is 11.7. The molecular weight excluding hydrogens is 355 g/mol. The fourth-order valence-corrected chi connectivity index (χ4v) is 3.07. The maximum atomic E-state index is 13.9. The third-order valence-corrected chi connectivity index (χ3v) is 5.44. The lowest BCUT2D eigenvalue weighted by atomic mass is 10.2. The smallest absolute Gasteiger partial charge is 0.341 e. The van der Waals surface area contributed by atoms with Gasteiger partial charge in [-0.1, -0.05) is 0 Å². The Bertz CT molecular complexity index is 759. The topological polar surface area (TPSA) is 93.2 Å². The van der Waals surface area contributed by atoms with E-state index in [9.17, 15) is 22.4 Å². The highest BCUT2D eigenvalue weighted by molar-refractivity contribution is 7.89. The molecule has 8 nitrogen and oxygen atoms in total. The Balaban J connectivity index is 2.09. The molecule has 1 aliphatic heterocycles. The van der Waals surface area contributed by atoms with Crippen LogP contribution in [0.15, 0.2) is 23.1 Å². The number of sulfonamides is 1. The minimum Gasteiger partial charge on any atom is -0.452 e. The van der Waals surface area contributed by atoms with E-state index in [0.29, 0.717) is 26.3 Å². The molecule has 0 aromatic heterocycles. The Hall–Kier alpha value is -2.04. The van der Waals surface area contributed by atoms with Crippen molar-refractivity contribution in [3.8, 4) is 0 Å². The molecule has 0 saturated carbocycles. The lowest BCUT2D eigenvalue weighted by Crippen LogP contribution is -2.42. The zero-order chi connectivity index (χ0) is 18.6. The molecule has 0 N–H and O–H groups in total. The van der Waals surface area contributed by atoms with Gasteiger partial charge in [0.05, 0.1) is 23.7 Å². The van der Waals surface area contributed by atoms with Crippen LogP contribution in [-0.4, -0.2) is 76.5 Å². The quantitative estimate of drug-likeness (QED) is 0.679. The second kappa shape index (κ2) is 7.89. The average molecular weight is 374 g/mol. The van der Waals surface area contributed by atoms with Crippen LogP contribution in [0.5, 0.6) is 0 Å². The largest absolute Gasteiger partial charge is 0.452 e. The summed E-state index contributed by atoms with van der Waals surface area (Å²) in [6.45, 7) is 1.03. The molecule has 1 saturated heterocycles. The van der Waals surface area contributed by atoms with Gasteiger partial charge >= 0.3 is 5.97 Å². The summed E-state index contributed by atoms with van der Waals surface area (Å²) in [5.41, 5.74) is -0.544. The molecule has 10 heteroatoms. The Kier molecular flexibility index (Phi) is 6.09. The highest BCUT2D eigenvalue weighted by Crippen LogP contribution is 2.18. The number of carbonyl (C=O) groups is 2. The van der Waals surface area contributed by atoms with Crippen LogP contribution in [0.3, 0.4) is 0 Å². The SMILES string of the molecule is CN(C)S(=O)(=O)c1ccc(F)c(C(=O)OCC(=O)N2CCOCC2)c1. The van der Waals surface area contributed by atoms with Gasteiger partial charge in [0.2, 0.25) is 10.0 Å². The number of morpholine rings is 1. The maximum Gasteiger partial charge on any atom is 0.341 e. The van der Waals surface area contributed by atoms with Gasteiger partial charge in [-0.25, -0.2) is 21.9 Å². The van der Waals surface area contributed by atoms with Crippen molar-refractivity contribution in [1.29, 1.82) is 0 Å². The van der Waals surface area contributed by atoms with Gasteiger partial charge in [-0.2, -0.15) is 0 Å². The Morgan fingerprint density at radius 2 is 1.92 bits per heavy atom. The van der Waals surface area contributed by atoms with Crippen LogP contribution in [0.2, 0.25) is 0 Å². The van der Waals surface area contributed by atoms with Crippen LogP contribution in [-0.2, 0) is 24.3 Å². The van der Waals surface area contributed by atoms with Gasteiger partial charge in [0, 0.05) is 27.2 Å². The molecule has 1 heterocycles. The van der Waals surface area contributed by atoms with Gasteiger partial charge in [0.15, 0.2) is 6.61 Å². The van der Waals surface area contributed by atoms with E-state index in [1.165, 1.54) is 19.0 Å². The van der Waals surface area contributed by atoms with Crippen molar-refractivity contribution >= 4 is 21.9 Å². The van der Waals surface area contributed by atoms with Crippen LogP contribution >= 0.6 is 0 Å². The molecule has 1 aromatic carbocycles. The van der Waals surface area contributed by atoms with E-state index in [2.05, 4.69) is 0 Å². The molecule has 0 atom stereocenters. The Morgan fingerprint density at radius 1 is 1.28 bits per heavy atom. The summed E-state index contributed by atoms with van der Waals surface area (Å²) < 4.78 is 48.9. The highest BCUT2D eigenvalue weighted by atomic mass is 32.2. The molecular formula is C15H19FN2O6S. The van der Waals surface area contributed by atoms with E-state index in [0.717, 1.165) is 22.5 Å². The van der Waals surface area contributed by atoms with Crippen LogP contribution in [0.1, 0.15) is 10.4 Å². The number of ether oxygens (including phenoxy) is 2. The van der Waals surface area contributed by atoms with Crippen molar-refractivity contribution in [2.45, 2.75) is 4.90 Å². The molecule has 1 amide bonds. The molecule has 0 radical (unpaired) electrons. The number of amides is 1. The van der Waals surface area contributed by atoms with E-state index >= 15 is 0 Å². The lowest BCUT2D eigenvalue weighted by Gasteiger charge is -2.26. The van der Waals surface area contributed by atoms with Crippen molar-refractivity contribution < 1.29 is 31.9 Å². The number of hydrogen-bond donors (Lipinski definition) is 0. The van der Waals surface area contributed by atoms with Crippen LogP contribution < -0.4 is 0 Å². The molecule has 0 unspecified atom stereocenters. The first-order valence-corrected chi connectivity index (χ1v) is 8.92. The normalized spacial score (nSPS) is 15.3. The van der Waals surface area contributed by atoms with Crippen LogP contribution in [0, 0.1) is 5.82 Å². The Labute approximate surface area is 145 Å². The maximum absolute atomic E-state index is 13.9. The van der Waals surface area contributed by atoms with Crippen LogP contribution in [0.4, 0.5) is 4.39 Å². The predicted molar refractivity (Wildman–Crippen MR) is 85.0 cm³/mol. The number of rotatable bonds is 5. The fraction of sp³-hybridized carbons (Fsp3) is 0.467. The molecule has 1 fully saturated rings. The standard InChI is InChI=1S/C15H19FN2O6S/c1-17(2)25(21,22)11-3-4-13(16)12(9-11)15(20)24-10-14(19)18-5-7-23-8-6-18/h3-4,9H,5-8,10H2,1-2H3. The van der Waals surface area contributed by atoms with E-state index in [1.807, 2.05) is 0 Å². The summed E-state index contributed by atoms with van der Waals surface area (Å²) in [5, 5.41) is 0. The second-order valence-electron chi connectivity index (χ2n) is 5.50. The van der Waals surface area contributed by atoms with E-state index < -0.39 is 39.9 Å². The highest BCUT2D eigenvalue weighted by Gasteiger charge is 2.23. The zero-order valence-electron chi connectivity index (χ0n) is 13.9. The van der Waals surface area contributed by atoms with Gasteiger partial charge in [-0.15, -0.1) is 0 Å². The number of halogens is 1. The monoisotopic (exact) mass is 374 g/mol. The van der Waals surface area contributed by atoms with Gasteiger partial charge in [-0.05, 0) is 18.2 Å². The van der Waals surface area contributed by atoms with Crippen molar-refractivity contribution in [3.05, 3.63) is 29.6 Å². The van der Waals surface area contributed by atoms with E-state index in [-0.39, 0.29) is 4.90 Å². The lowest BCUT2D eigenvalue weighted by molar-refractivity contribution is -0.138. The third-order valence-electron chi connectivity index (χ3n) is 3.63. The zero-order valence-corrected chi connectivity index (χ0v) is 14.7. The minimum atomic E-state index is -3.83. The summed E-state index contributed by atoms with van der Waals surface area (Å²) in [5.74, 6) is -2.45. The summed E-state index contributed by atoms with van der Waals surface area (Å²) in [6.07, 6.45) is 0. The summed E-state index contributed by atoms with van der Waals surface area (Å²) in [7, 11) is -1.19. The summed E-state index contributed by atoms with van der Waals surface area (Å²) >= 11 is 0. The van der Waals surface area contributed by atoms with Gasteiger partial charge in [0.25, 0.3) is 5.91 Å². The van der Waals surface area contributed by atoms with Crippen molar-refractivity contribution in [2.24, 2.45) is 0 Å². The number of carbonyl (C=O) groups excluding carboxylic acids is 2. The first kappa shape index (κ1) is 19.3.